The first-order chi connectivity index (χ1) is 8.23. The molecule has 4 heteroatoms. The van der Waals surface area contributed by atoms with E-state index in [0.717, 1.165) is 31.3 Å². The molecule has 1 spiro atoms. The predicted octanol–water partition coefficient (Wildman–Crippen LogP) is 1.38. The normalized spacial score (nSPS) is 27.5. The van der Waals surface area contributed by atoms with Gasteiger partial charge in [0.25, 0.3) is 0 Å². The van der Waals surface area contributed by atoms with Crippen molar-refractivity contribution in [3.05, 3.63) is 17.8 Å². The molecule has 2 saturated heterocycles. The van der Waals surface area contributed by atoms with Gasteiger partial charge in [0.15, 0.2) is 5.89 Å². The zero-order valence-electron chi connectivity index (χ0n) is 10.7. The lowest BCUT2D eigenvalue weighted by molar-refractivity contribution is 0.140. The molecular weight excluding hydrogens is 214 g/mol. The van der Waals surface area contributed by atoms with E-state index in [1.807, 2.05) is 13.1 Å². The fourth-order valence-corrected chi connectivity index (χ4v) is 3.24. The van der Waals surface area contributed by atoms with Gasteiger partial charge in [-0.15, -0.1) is 0 Å². The van der Waals surface area contributed by atoms with Gasteiger partial charge in [0, 0.05) is 31.6 Å². The first-order valence-corrected chi connectivity index (χ1v) is 6.59. The Kier molecular flexibility index (Phi) is 2.71. The highest BCUT2D eigenvalue weighted by atomic mass is 16.4. The number of hydrogen-bond donors (Lipinski definition) is 1. The summed E-state index contributed by atoms with van der Waals surface area (Å²) >= 11 is 0. The molecule has 3 rings (SSSR count). The molecule has 4 nitrogen and oxygen atoms in total. The summed E-state index contributed by atoms with van der Waals surface area (Å²) in [6, 6.07) is 0. The van der Waals surface area contributed by atoms with Crippen molar-refractivity contribution in [2.45, 2.75) is 26.2 Å². The van der Waals surface area contributed by atoms with Gasteiger partial charge in [-0.05, 0) is 19.9 Å². The summed E-state index contributed by atoms with van der Waals surface area (Å²) in [6.07, 6.45) is 3.07. The van der Waals surface area contributed by atoms with Crippen molar-refractivity contribution in [1.29, 1.82) is 0 Å². The maximum absolute atomic E-state index is 5.76. The molecule has 2 aliphatic heterocycles. The Morgan fingerprint density at radius 2 is 2.41 bits per heavy atom. The van der Waals surface area contributed by atoms with Crippen molar-refractivity contribution in [2.75, 3.05) is 32.7 Å². The Morgan fingerprint density at radius 3 is 2.94 bits per heavy atom. The van der Waals surface area contributed by atoms with Crippen LogP contribution < -0.4 is 5.32 Å². The van der Waals surface area contributed by atoms with Gasteiger partial charge in [0.2, 0.25) is 0 Å². The zero-order chi connectivity index (χ0) is 11.9. The SMILES string of the molecule is CCCN1CC(c2ncc(C)o2)C2(CNC2)C1. The van der Waals surface area contributed by atoms with Gasteiger partial charge in [-0.3, -0.25) is 0 Å². The van der Waals surface area contributed by atoms with E-state index in [1.165, 1.54) is 19.5 Å². The standard InChI is InChI=1S/C13H21N3O/c1-3-4-16-6-11(12-15-5-10(2)17-12)13(9-16)7-14-8-13/h5,11,14H,3-4,6-9H2,1-2H3. The first kappa shape index (κ1) is 11.2. The zero-order valence-corrected chi connectivity index (χ0v) is 10.7. The molecule has 0 aromatic carbocycles. The highest BCUT2D eigenvalue weighted by Crippen LogP contribution is 2.45. The number of aromatic nitrogens is 1. The molecule has 0 aliphatic carbocycles. The van der Waals surface area contributed by atoms with Crippen LogP contribution in [0, 0.1) is 12.3 Å². The second kappa shape index (κ2) is 4.10. The summed E-state index contributed by atoms with van der Waals surface area (Å²) < 4.78 is 5.76. The van der Waals surface area contributed by atoms with Gasteiger partial charge in [-0.25, -0.2) is 4.98 Å². The maximum atomic E-state index is 5.76. The molecule has 2 fully saturated rings. The van der Waals surface area contributed by atoms with Gasteiger partial charge >= 0.3 is 0 Å². The monoisotopic (exact) mass is 235 g/mol. The Morgan fingerprint density at radius 1 is 1.59 bits per heavy atom. The molecule has 1 atom stereocenters. The molecule has 0 radical (unpaired) electrons. The van der Waals surface area contributed by atoms with Crippen molar-refractivity contribution in [3.8, 4) is 0 Å². The minimum absolute atomic E-state index is 0.381. The lowest BCUT2D eigenvalue weighted by Gasteiger charge is -2.42. The summed E-state index contributed by atoms with van der Waals surface area (Å²) in [7, 11) is 0. The summed E-state index contributed by atoms with van der Waals surface area (Å²) in [6.45, 7) is 9.93. The lowest BCUT2D eigenvalue weighted by Crippen LogP contribution is -2.57. The number of rotatable bonds is 3. The highest BCUT2D eigenvalue weighted by molar-refractivity contribution is 5.15. The van der Waals surface area contributed by atoms with Gasteiger partial charge < -0.3 is 14.6 Å². The third kappa shape index (κ3) is 1.79. The molecule has 0 bridgehead atoms. The number of nitrogens with one attached hydrogen (secondary N) is 1. The van der Waals surface area contributed by atoms with E-state index in [0.29, 0.717) is 11.3 Å². The molecule has 2 aliphatic rings. The van der Waals surface area contributed by atoms with Gasteiger partial charge in [-0.1, -0.05) is 6.92 Å². The van der Waals surface area contributed by atoms with Crippen LogP contribution in [0.15, 0.2) is 10.6 Å². The van der Waals surface area contributed by atoms with E-state index < -0.39 is 0 Å². The van der Waals surface area contributed by atoms with Crippen molar-refractivity contribution >= 4 is 0 Å². The largest absolute Gasteiger partial charge is 0.446 e. The molecule has 94 valence electrons. The topological polar surface area (TPSA) is 41.3 Å². The molecule has 3 heterocycles. The molecule has 0 amide bonds. The Balaban J connectivity index is 1.82. The fraction of sp³-hybridized carbons (Fsp3) is 0.769. The molecule has 1 aromatic heterocycles. The maximum Gasteiger partial charge on any atom is 0.199 e. The van der Waals surface area contributed by atoms with Crippen LogP contribution in [-0.2, 0) is 0 Å². The van der Waals surface area contributed by atoms with Crippen LogP contribution in [0.5, 0.6) is 0 Å². The van der Waals surface area contributed by atoms with Crippen LogP contribution in [0.2, 0.25) is 0 Å². The van der Waals surface area contributed by atoms with Crippen molar-refractivity contribution in [1.82, 2.24) is 15.2 Å². The molecule has 1 N–H and O–H groups in total. The number of nitrogens with zero attached hydrogens (tertiary/aromatic N) is 2. The van der Waals surface area contributed by atoms with E-state index in [-0.39, 0.29) is 0 Å². The van der Waals surface area contributed by atoms with Crippen LogP contribution in [-0.4, -0.2) is 42.6 Å². The van der Waals surface area contributed by atoms with Gasteiger partial charge in [-0.2, -0.15) is 0 Å². The molecular formula is C13H21N3O. The average Bonchev–Trinajstić information content (AvgIpc) is 2.81. The van der Waals surface area contributed by atoms with Crippen LogP contribution in [0.25, 0.3) is 0 Å². The first-order valence-electron chi connectivity index (χ1n) is 6.59. The highest BCUT2D eigenvalue weighted by Gasteiger charge is 2.52. The summed E-state index contributed by atoms with van der Waals surface area (Å²) in [5, 5.41) is 3.42. The number of hydrogen-bond acceptors (Lipinski definition) is 4. The average molecular weight is 235 g/mol. The third-order valence-electron chi connectivity index (χ3n) is 4.15. The number of oxazole rings is 1. The van der Waals surface area contributed by atoms with Crippen LogP contribution >= 0.6 is 0 Å². The molecule has 17 heavy (non-hydrogen) atoms. The summed E-state index contributed by atoms with van der Waals surface area (Å²) in [5.41, 5.74) is 0.381. The summed E-state index contributed by atoms with van der Waals surface area (Å²) in [5.74, 6) is 2.35. The molecule has 1 unspecified atom stereocenters. The quantitative estimate of drug-likeness (QED) is 0.859. The molecule has 1 aromatic rings. The van der Waals surface area contributed by atoms with Crippen molar-refractivity contribution in [2.24, 2.45) is 5.41 Å². The van der Waals surface area contributed by atoms with Crippen LogP contribution in [0.4, 0.5) is 0 Å². The Labute approximate surface area is 102 Å². The Bertz CT molecular complexity index is 397. The van der Waals surface area contributed by atoms with Crippen molar-refractivity contribution < 1.29 is 4.42 Å². The molecule has 0 saturated carbocycles. The van der Waals surface area contributed by atoms with Crippen LogP contribution in [0.3, 0.4) is 0 Å². The predicted molar refractivity (Wildman–Crippen MR) is 66.0 cm³/mol. The van der Waals surface area contributed by atoms with E-state index in [4.69, 9.17) is 4.42 Å². The second-order valence-corrected chi connectivity index (χ2v) is 5.56. The van der Waals surface area contributed by atoms with E-state index in [9.17, 15) is 0 Å². The van der Waals surface area contributed by atoms with Gasteiger partial charge in [0.1, 0.15) is 5.76 Å². The fourth-order valence-electron chi connectivity index (χ4n) is 3.24. The lowest BCUT2D eigenvalue weighted by atomic mass is 9.73. The summed E-state index contributed by atoms with van der Waals surface area (Å²) in [4.78, 5) is 7.01. The van der Waals surface area contributed by atoms with E-state index in [2.05, 4.69) is 22.1 Å². The second-order valence-electron chi connectivity index (χ2n) is 5.56. The Hall–Kier alpha value is -0.870. The van der Waals surface area contributed by atoms with Crippen LogP contribution in [0.1, 0.15) is 30.9 Å². The van der Waals surface area contributed by atoms with Crippen molar-refractivity contribution in [3.63, 3.8) is 0 Å². The third-order valence-corrected chi connectivity index (χ3v) is 4.15. The van der Waals surface area contributed by atoms with E-state index in [1.54, 1.807) is 0 Å². The minimum Gasteiger partial charge on any atom is -0.446 e. The van der Waals surface area contributed by atoms with Gasteiger partial charge in [0.05, 0.1) is 12.1 Å². The number of likely N-dealkylation sites (tertiary alicyclic amines) is 1. The van der Waals surface area contributed by atoms with E-state index >= 15 is 0 Å². The smallest absolute Gasteiger partial charge is 0.199 e. The minimum atomic E-state index is 0.381. The number of aryl methyl sites for hydroxylation is 1.